The predicted octanol–water partition coefficient (Wildman–Crippen LogP) is 3.28. The Balaban J connectivity index is 1.82. The zero-order valence-electron chi connectivity index (χ0n) is 14.7. The Morgan fingerprint density at radius 3 is 2.54 bits per heavy atom. The second-order valence-electron chi connectivity index (χ2n) is 6.35. The number of thiazole rings is 1. The summed E-state index contributed by atoms with van der Waals surface area (Å²) in [7, 11) is 1.76. The fourth-order valence-corrected chi connectivity index (χ4v) is 3.01. The van der Waals surface area contributed by atoms with Crippen LogP contribution in [0, 0.1) is 12.7 Å². The zero-order valence-corrected chi connectivity index (χ0v) is 15.5. The fraction of sp³-hybridized carbons (Fsp3) is 0.444. The number of rotatable bonds is 6. The summed E-state index contributed by atoms with van der Waals surface area (Å²) in [6.45, 7) is 7.74. The molecular weight excluding hydrogens is 323 g/mol. The maximum Gasteiger partial charge on any atom is 0.191 e. The number of halogens is 1. The second kappa shape index (κ2) is 8.24. The Morgan fingerprint density at radius 2 is 1.96 bits per heavy atom. The van der Waals surface area contributed by atoms with Gasteiger partial charge in [0.05, 0.1) is 10.7 Å². The van der Waals surface area contributed by atoms with Gasteiger partial charge in [-0.05, 0) is 24.6 Å². The largest absolute Gasteiger partial charge is 0.356 e. The Bertz CT molecular complexity index is 677. The molecule has 0 saturated carbocycles. The molecule has 130 valence electrons. The summed E-state index contributed by atoms with van der Waals surface area (Å²) in [5, 5.41) is 9.82. The molecule has 1 aromatic carbocycles. The van der Waals surface area contributed by atoms with Gasteiger partial charge in [0.25, 0.3) is 0 Å². The average molecular weight is 348 g/mol. The molecule has 0 unspecified atom stereocenters. The molecule has 0 amide bonds. The van der Waals surface area contributed by atoms with E-state index in [1.165, 1.54) is 12.1 Å². The molecule has 0 spiro atoms. The number of benzene rings is 1. The maximum absolute atomic E-state index is 13.1. The quantitative estimate of drug-likeness (QED) is 0.622. The van der Waals surface area contributed by atoms with Crippen LogP contribution in [0.5, 0.6) is 0 Å². The van der Waals surface area contributed by atoms with E-state index in [1.807, 2.05) is 19.1 Å². The van der Waals surface area contributed by atoms with Crippen molar-refractivity contribution in [1.29, 1.82) is 0 Å². The van der Waals surface area contributed by atoms with Crippen molar-refractivity contribution in [3.63, 3.8) is 0 Å². The molecule has 0 radical (unpaired) electrons. The number of guanidine groups is 1. The third-order valence-corrected chi connectivity index (χ3v) is 4.71. The summed E-state index contributed by atoms with van der Waals surface area (Å²) >= 11 is 1.67. The van der Waals surface area contributed by atoms with Crippen molar-refractivity contribution in [2.45, 2.75) is 32.6 Å². The molecule has 0 bridgehead atoms. The average Bonchev–Trinajstić information content (AvgIpc) is 2.96. The first-order valence-electron chi connectivity index (χ1n) is 8.02. The highest BCUT2D eigenvalue weighted by Gasteiger charge is 2.20. The molecule has 2 N–H and O–H groups in total. The van der Waals surface area contributed by atoms with Crippen molar-refractivity contribution < 1.29 is 4.39 Å². The van der Waals surface area contributed by atoms with Crippen LogP contribution in [0.1, 0.15) is 30.1 Å². The van der Waals surface area contributed by atoms with Crippen LogP contribution in [0.15, 0.2) is 34.6 Å². The number of aryl methyl sites for hydroxylation is 1. The van der Waals surface area contributed by atoms with Gasteiger partial charge in [0, 0.05) is 37.4 Å². The Hall–Kier alpha value is -1.95. The smallest absolute Gasteiger partial charge is 0.191 e. The molecular formula is C18H25FN4S. The van der Waals surface area contributed by atoms with Crippen LogP contribution in [0.2, 0.25) is 0 Å². The molecule has 1 aromatic heterocycles. The van der Waals surface area contributed by atoms with Crippen molar-refractivity contribution in [3.05, 3.63) is 51.7 Å². The van der Waals surface area contributed by atoms with Crippen LogP contribution < -0.4 is 10.6 Å². The van der Waals surface area contributed by atoms with E-state index in [0.717, 1.165) is 35.2 Å². The minimum absolute atomic E-state index is 0.128. The molecule has 0 aliphatic heterocycles. The molecule has 0 fully saturated rings. The molecule has 6 heteroatoms. The minimum atomic E-state index is -0.211. The Labute approximate surface area is 147 Å². The molecule has 0 atom stereocenters. The van der Waals surface area contributed by atoms with E-state index < -0.39 is 0 Å². The predicted molar refractivity (Wildman–Crippen MR) is 99.3 cm³/mol. The summed E-state index contributed by atoms with van der Waals surface area (Å²) < 4.78 is 13.1. The molecule has 1 heterocycles. The molecule has 0 saturated heterocycles. The highest BCUT2D eigenvalue weighted by atomic mass is 32.1. The van der Waals surface area contributed by atoms with Crippen molar-refractivity contribution in [2.24, 2.45) is 4.99 Å². The third-order valence-electron chi connectivity index (χ3n) is 3.89. The summed E-state index contributed by atoms with van der Waals surface area (Å²) in [4.78, 5) is 8.70. The first-order chi connectivity index (χ1) is 11.4. The number of hydrogen-bond acceptors (Lipinski definition) is 3. The molecule has 24 heavy (non-hydrogen) atoms. The van der Waals surface area contributed by atoms with Crippen LogP contribution in [0.3, 0.4) is 0 Å². The lowest BCUT2D eigenvalue weighted by Gasteiger charge is -2.26. The molecule has 0 aliphatic rings. The lowest BCUT2D eigenvalue weighted by Crippen LogP contribution is -2.44. The minimum Gasteiger partial charge on any atom is -0.356 e. The highest BCUT2D eigenvalue weighted by Crippen LogP contribution is 2.22. The van der Waals surface area contributed by atoms with E-state index in [1.54, 1.807) is 18.4 Å². The van der Waals surface area contributed by atoms with Gasteiger partial charge in [-0.15, -0.1) is 11.3 Å². The van der Waals surface area contributed by atoms with Crippen LogP contribution in [0.25, 0.3) is 0 Å². The van der Waals surface area contributed by atoms with E-state index in [2.05, 4.69) is 39.8 Å². The summed E-state index contributed by atoms with van der Waals surface area (Å²) in [6.07, 6.45) is 0.867. The molecule has 2 aromatic rings. The van der Waals surface area contributed by atoms with Gasteiger partial charge in [0.15, 0.2) is 5.96 Å². The summed E-state index contributed by atoms with van der Waals surface area (Å²) in [5.74, 6) is 0.550. The lowest BCUT2D eigenvalue weighted by atomic mass is 9.84. The van der Waals surface area contributed by atoms with Crippen molar-refractivity contribution in [1.82, 2.24) is 15.6 Å². The van der Waals surface area contributed by atoms with Crippen LogP contribution >= 0.6 is 11.3 Å². The van der Waals surface area contributed by atoms with Gasteiger partial charge in [-0.2, -0.15) is 0 Å². The number of aromatic nitrogens is 1. The third kappa shape index (κ3) is 5.30. The maximum atomic E-state index is 13.1. The van der Waals surface area contributed by atoms with Gasteiger partial charge in [-0.3, -0.25) is 4.99 Å². The van der Waals surface area contributed by atoms with E-state index in [0.29, 0.717) is 6.54 Å². The monoisotopic (exact) mass is 348 g/mol. The fourth-order valence-electron chi connectivity index (χ4n) is 2.36. The molecule has 2 rings (SSSR count). The SMILES string of the molecule is CN=C(NCCc1csc(C)n1)NCC(C)(C)c1ccc(F)cc1. The van der Waals surface area contributed by atoms with Crippen molar-refractivity contribution >= 4 is 17.3 Å². The standard InChI is InChI=1S/C18H25FN4S/c1-13-23-16(11-24-13)9-10-21-17(20-4)22-12-18(2,3)14-5-7-15(19)8-6-14/h5-8,11H,9-10,12H2,1-4H3,(H2,20,21,22). The Morgan fingerprint density at radius 1 is 1.25 bits per heavy atom. The van der Waals surface area contributed by atoms with Crippen LogP contribution in [-0.4, -0.2) is 31.1 Å². The van der Waals surface area contributed by atoms with Gasteiger partial charge in [-0.1, -0.05) is 26.0 Å². The first-order valence-corrected chi connectivity index (χ1v) is 8.90. The van der Waals surface area contributed by atoms with E-state index in [9.17, 15) is 4.39 Å². The van der Waals surface area contributed by atoms with Crippen LogP contribution in [0.4, 0.5) is 4.39 Å². The molecule has 0 aliphatic carbocycles. The number of aliphatic imine (C=N–C) groups is 1. The van der Waals surface area contributed by atoms with Crippen molar-refractivity contribution in [2.75, 3.05) is 20.1 Å². The first kappa shape index (κ1) is 18.4. The normalized spacial score (nSPS) is 12.3. The number of hydrogen-bond donors (Lipinski definition) is 2. The van der Waals surface area contributed by atoms with Crippen molar-refractivity contribution in [3.8, 4) is 0 Å². The van der Waals surface area contributed by atoms with Gasteiger partial charge >= 0.3 is 0 Å². The van der Waals surface area contributed by atoms with E-state index in [4.69, 9.17) is 0 Å². The van der Waals surface area contributed by atoms with Gasteiger partial charge in [-0.25, -0.2) is 9.37 Å². The summed E-state index contributed by atoms with van der Waals surface area (Å²) in [5.41, 5.74) is 2.06. The Kier molecular flexibility index (Phi) is 6.31. The number of nitrogens with zero attached hydrogens (tertiary/aromatic N) is 2. The van der Waals surface area contributed by atoms with E-state index >= 15 is 0 Å². The van der Waals surface area contributed by atoms with E-state index in [-0.39, 0.29) is 11.2 Å². The van der Waals surface area contributed by atoms with Gasteiger partial charge in [0.2, 0.25) is 0 Å². The van der Waals surface area contributed by atoms with Gasteiger partial charge in [0.1, 0.15) is 5.82 Å². The lowest BCUT2D eigenvalue weighted by molar-refractivity contribution is 0.507. The zero-order chi connectivity index (χ0) is 17.6. The second-order valence-corrected chi connectivity index (χ2v) is 7.41. The van der Waals surface area contributed by atoms with Crippen LogP contribution in [-0.2, 0) is 11.8 Å². The molecule has 4 nitrogen and oxygen atoms in total. The summed E-state index contributed by atoms with van der Waals surface area (Å²) in [6, 6.07) is 6.66. The topological polar surface area (TPSA) is 49.3 Å². The van der Waals surface area contributed by atoms with Gasteiger partial charge < -0.3 is 10.6 Å². The number of nitrogens with one attached hydrogen (secondary N) is 2. The highest BCUT2D eigenvalue weighted by molar-refractivity contribution is 7.09.